The van der Waals surface area contributed by atoms with E-state index in [4.69, 9.17) is 10.7 Å². The number of hydrogen-bond donors (Lipinski definition) is 3. The van der Waals surface area contributed by atoms with Crippen molar-refractivity contribution in [1.29, 1.82) is 0 Å². The molecule has 0 aromatic heterocycles. The Kier molecular flexibility index (Phi) is 11.3. The number of urea groups is 1. The second-order valence-corrected chi connectivity index (χ2v) is 7.50. The third-order valence-electron chi connectivity index (χ3n) is 5.03. The Balaban J connectivity index is 0.00000392. The minimum Gasteiger partial charge on any atom is -0.357 e. The maximum absolute atomic E-state index is 11.2. The molecule has 1 fully saturated rings. The first-order chi connectivity index (χ1) is 13.0. The number of halogens is 1. The monoisotopic (exact) mass is 501 g/mol. The fourth-order valence-electron chi connectivity index (χ4n) is 3.30. The Morgan fingerprint density at radius 3 is 2.43 bits per heavy atom. The van der Waals surface area contributed by atoms with Gasteiger partial charge in [-0.05, 0) is 49.7 Å². The first-order valence-electron chi connectivity index (χ1n) is 10.2. The topological polar surface area (TPSA) is 82.8 Å². The SMILES string of the molecule is CCNC(=NCCCc1ccc(C(C)C)cc1)NC1CCN(C(N)=O)CC1.I. The number of benzene rings is 1. The van der Waals surface area contributed by atoms with E-state index in [1.807, 2.05) is 0 Å². The first-order valence-corrected chi connectivity index (χ1v) is 10.2. The molecule has 0 aliphatic carbocycles. The van der Waals surface area contributed by atoms with Crippen LogP contribution in [0.25, 0.3) is 0 Å². The summed E-state index contributed by atoms with van der Waals surface area (Å²) in [4.78, 5) is 17.6. The van der Waals surface area contributed by atoms with Crippen LogP contribution in [0.4, 0.5) is 4.79 Å². The highest BCUT2D eigenvalue weighted by Gasteiger charge is 2.21. The second kappa shape index (κ2) is 12.9. The molecule has 1 aliphatic heterocycles. The van der Waals surface area contributed by atoms with Gasteiger partial charge in [0.1, 0.15) is 0 Å². The number of hydrogen-bond acceptors (Lipinski definition) is 2. The average Bonchev–Trinajstić information content (AvgIpc) is 2.66. The molecule has 28 heavy (non-hydrogen) atoms. The van der Waals surface area contributed by atoms with E-state index in [-0.39, 0.29) is 30.0 Å². The molecule has 1 heterocycles. The van der Waals surface area contributed by atoms with E-state index in [2.05, 4.69) is 55.7 Å². The summed E-state index contributed by atoms with van der Waals surface area (Å²) < 4.78 is 0. The van der Waals surface area contributed by atoms with Crippen molar-refractivity contribution >= 4 is 36.0 Å². The molecule has 1 aromatic rings. The van der Waals surface area contributed by atoms with Crippen LogP contribution in [0.1, 0.15) is 57.1 Å². The van der Waals surface area contributed by atoms with Crippen LogP contribution in [-0.4, -0.2) is 49.1 Å². The highest BCUT2D eigenvalue weighted by molar-refractivity contribution is 14.0. The molecule has 1 aliphatic rings. The number of rotatable bonds is 7. The molecule has 1 saturated heterocycles. The molecule has 0 saturated carbocycles. The molecule has 0 radical (unpaired) electrons. The first kappa shape index (κ1) is 24.5. The molecular formula is C21H36IN5O. The van der Waals surface area contributed by atoms with Gasteiger partial charge in [0.2, 0.25) is 0 Å². The van der Waals surface area contributed by atoms with Gasteiger partial charge in [0.25, 0.3) is 0 Å². The van der Waals surface area contributed by atoms with E-state index in [0.717, 1.165) is 44.7 Å². The molecule has 0 atom stereocenters. The zero-order chi connectivity index (χ0) is 19.6. The van der Waals surface area contributed by atoms with E-state index in [1.165, 1.54) is 11.1 Å². The van der Waals surface area contributed by atoms with Crippen LogP contribution >= 0.6 is 24.0 Å². The lowest BCUT2D eigenvalue weighted by Crippen LogP contribution is -2.50. The van der Waals surface area contributed by atoms with Gasteiger partial charge >= 0.3 is 6.03 Å². The van der Waals surface area contributed by atoms with Crippen molar-refractivity contribution in [3.63, 3.8) is 0 Å². The summed E-state index contributed by atoms with van der Waals surface area (Å²) in [5.41, 5.74) is 8.10. The smallest absolute Gasteiger partial charge is 0.314 e. The predicted octanol–water partition coefficient (Wildman–Crippen LogP) is 3.46. The molecule has 1 aromatic carbocycles. The number of piperidine rings is 1. The summed E-state index contributed by atoms with van der Waals surface area (Å²) >= 11 is 0. The van der Waals surface area contributed by atoms with Crippen LogP contribution in [0.5, 0.6) is 0 Å². The Hall–Kier alpha value is -1.51. The third kappa shape index (κ3) is 8.24. The van der Waals surface area contributed by atoms with Crippen molar-refractivity contribution in [1.82, 2.24) is 15.5 Å². The number of amides is 2. The van der Waals surface area contributed by atoms with Gasteiger partial charge in [-0.25, -0.2) is 4.79 Å². The van der Waals surface area contributed by atoms with Gasteiger partial charge in [0.05, 0.1) is 0 Å². The molecule has 4 N–H and O–H groups in total. The number of nitrogens with one attached hydrogen (secondary N) is 2. The van der Waals surface area contributed by atoms with E-state index in [9.17, 15) is 4.79 Å². The molecule has 2 rings (SSSR count). The van der Waals surface area contributed by atoms with Crippen molar-refractivity contribution in [3.05, 3.63) is 35.4 Å². The maximum atomic E-state index is 11.2. The minimum absolute atomic E-state index is 0. The van der Waals surface area contributed by atoms with Crippen LogP contribution in [0, 0.1) is 0 Å². The van der Waals surface area contributed by atoms with Gasteiger partial charge in [0, 0.05) is 32.2 Å². The zero-order valence-electron chi connectivity index (χ0n) is 17.4. The Labute approximate surface area is 186 Å². The Bertz CT molecular complexity index is 610. The van der Waals surface area contributed by atoms with Gasteiger partial charge in [-0.1, -0.05) is 38.1 Å². The number of aryl methyl sites for hydroxylation is 1. The van der Waals surface area contributed by atoms with Crippen molar-refractivity contribution in [2.45, 2.75) is 58.4 Å². The molecule has 7 heteroatoms. The number of carbonyl (C=O) groups excluding carboxylic acids is 1. The lowest BCUT2D eigenvalue weighted by atomic mass is 10.0. The molecule has 2 amide bonds. The highest BCUT2D eigenvalue weighted by atomic mass is 127. The van der Waals surface area contributed by atoms with Crippen LogP contribution < -0.4 is 16.4 Å². The summed E-state index contributed by atoms with van der Waals surface area (Å²) in [5, 5.41) is 6.81. The van der Waals surface area contributed by atoms with Crippen molar-refractivity contribution in [2.24, 2.45) is 10.7 Å². The fraction of sp³-hybridized carbons (Fsp3) is 0.619. The fourth-order valence-corrected chi connectivity index (χ4v) is 3.30. The van der Waals surface area contributed by atoms with Crippen LogP contribution in [0.3, 0.4) is 0 Å². The van der Waals surface area contributed by atoms with Crippen LogP contribution in [-0.2, 0) is 6.42 Å². The summed E-state index contributed by atoms with van der Waals surface area (Å²) in [6.45, 7) is 9.55. The highest BCUT2D eigenvalue weighted by Crippen LogP contribution is 2.15. The lowest BCUT2D eigenvalue weighted by Gasteiger charge is -2.32. The normalized spacial score (nSPS) is 15.3. The molecule has 0 spiro atoms. The second-order valence-electron chi connectivity index (χ2n) is 7.50. The van der Waals surface area contributed by atoms with Crippen LogP contribution in [0.2, 0.25) is 0 Å². The van der Waals surface area contributed by atoms with Gasteiger partial charge < -0.3 is 21.3 Å². The number of nitrogens with two attached hydrogens (primary N) is 1. The number of aliphatic imine (C=N–C) groups is 1. The van der Waals surface area contributed by atoms with Gasteiger partial charge in [-0.15, -0.1) is 24.0 Å². The number of primary amides is 1. The molecule has 6 nitrogen and oxygen atoms in total. The van der Waals surface area contributed by atoms with Gasteiger partial charge in [-0.2, -0.15) is 0 Å². The lowest BCUT2D eigenvalue weighted by molar-refractivity contribution is 0.188. The summed E-state index contributed by atoms with van der Waals surface area (Å²) in [6, 6.07) is 8.93. The standard InChI is InChI=1S/C21H35N5O.HI/c1-4-23-21(25-19-11-14-26(15-12-19)20(22)27)24-13-5-6-17-7-9-18(10-8-17)16(2)3;/h7-10,16,19H,4-6,11-15H2,1-3H3,(H2,22,27)(H2,23,24,25);1H. The number of likely N-dealkylation sites (tertiary alicyclic amines) is 1. The minimum atomic E-state index is -0.324. The largest absolute Gasteiger partial charge is 0.357 e. The number of nitrogens with zero attached hydrogens (tertiary/aromatic N) is 2. The zero-order valence-corrected chi connectivity index (χ0v) is 19.7. The molecular weight excluding hydrogens is 465 g/mol. The van der Waals surface area contributed by atoms with E-state index in [0.29, 0.717) is 25.0 Å². The van der Waals surface area contributed by atoms with E-state index >= 15 is 0 Å². The van der Waals surface area contributed by atoms with Crippen LogP contribution in [0.15, 0.2) is 29.3 Å². The van der Waals surface area contributed by atoms with E-state index < -0.39 is 0 Å². The predicted molar refractivity (Wildman–Crippen MR) is 128 cm³/mol. The third-order valence-corrected chi connectivity index (χ3v) is 5.03. The Morgan fingerprint density at radius 1 is 1.25 bits per heavy atom. The van der Waals surface area contributed by atoms with Gasteiger partial charge in [0.15, 0.2) is 5.96 Å². The summed E-state index contributed by atoms with van der Waals surface area (Å²) in [5.74, 6) is 1.44. The quantitative estimate of drug-likeness (QED) is 0.232. The van der Waals surface area contributed by atoms with Crippen molar-refractivity contribution < 1.29 is 4.79 Å². The molecule has 0 bridgehead atoms. The van der Waals surface area contributed by atoms with E-state index in [1.54, 1.807) is 4.90 Å². The number of guanidine groups is 1. The molecule has 0 unspecified atom stereocenters. The maximum Gasteiger partial charge on any atom is 0.314 e. The summed E-state index contributed by atoms with van der Waals surface area (Å²) in [7, 11) is 0. The number of carbonyl (C=O) groups is 1. The van der Waals surface area contributed by atoms with Gasteiger partial charge in [-0.3, -0.25) is 4.99 Å². The average molecular weight is 501 g/mol. The summed E-state index contributed by atoms with van der Waals surface area (Å²) in [6.07, 6.45) is 3.86. The molecule has 158 valence electrons. The van der Waals surface area contributed by atoms with Crippen molar-refractivity contribution in [2.75, 3.05) is 26.2 Å². The Morgan fingerprint density at radius 2 is 1.89 bits per heavy atom. The van der Waals surface area contributed by atoms with Crippen molar-refractivity contribution in [3.8, 4) is 0 Å².